The smallest absolute Gasteiger partial charge is 0.0641 e. The second-order valence-corrected chi connectivity index (χ2v) is 3.20. The highest BCUT2D eigenvalue weighted by atomic mass is 15.1. The first-order valence-corrected chi connectivity index (χ1v) is 5.03. The van der Waals surface area contributed by atoms with Gasteiger partial charge in [-0.2, -0.15) is 5.26 Å². The summed E-state index contributed by atoms with van der Waals surface area (Å²) in [4.78, 5) is 2.33. The van der Waals surface area contributed by atoms with Gasteiger partial charge in [0.15, 0.2) is 0 Å². The highest BCUT2D eigenvalue weighted by Crippen LogP contribution is 2.06. The largest absolute Gasteiger partial charge is 0.296 e. The molecule has 74 valence electrons. The molecule has 0 aliphatic rings. The second kappa shape index (κ2) is 7.82. The van der Waals surface area contributed by atoms with Crippen molar-refractivity contribution in [3.05, 3.63) is 12.7 Å². The van der Waals surface area contributed by atoms with Crippen LogP contribution in [-0.2, 0) is 0 Å². The van der Waals surface area contributed by atoms with Crippen LogP contribution in [0, 0.1) is 11.3 Å². The van der Waals surface area contributed by atoms with Crippen molar-refractivity contribution in [2.75, 3.05) is 13.1 Å². The van der Waals surface area contributed by atoms with Crippen LogP contribution < -0.4 is 0 Å². The quantitative estimate of drug-likeness (QED) is 0.563. The Balaban J connectivity index is 4.12. The highest BCUT2D eigenvalue weighted by molar-refractivity contribution is 4.94. The summed E-state index contributed by atoms with van der Waals surface area (Å²) < 4.78 is 0. The van der Waals surface area contributed by atoms with Gasteiger partial charge in [-0.3, -0.25) is 4.90 Å². The van der Waals surface area contributed by atoms with E-state index in [1.165, 1.54) is 0 Å². The Bertz CT molecular complexity index is 163. The maximum atomic E-state index is 8.63. The van der Waals surface area contributed by atoms with E-state index in [0.717, 1.165) is 25.9 Å². The molecule has 0 aliphatic carbocycles. The Morgan fingerprint density at radius 2 is 1.92 bits per heavy atom. The molecule has 0 saturated heterocycles. The molecule has 0 saturated carbocycles. The van der Waals surface area contributed by atoms with Gasteiger partial charge < -0.3 is 0 Å². The van der Waals surface area contributed by atoms with Crippen molar-refractivity contribution in [2.45, 2.75) is 39.2 Å². The Kier molecular flexibility index (Phi) is 7.33. The Morgan fingerprint density at radius 3 is 2.23 bits per heavy atom. The molecule has 0 spiro atoms. The molecule has 0 aromatic carbocycles. The van der Waals surface area contributed by atoms with Crippen molar-refractivity contribution < 1.29 is 0 Å². The maximum absolute atomic E-state index is 8.63. The summed E-state index contributed by atoms with van der Waals surface area (Å²) in [6.45, 7) is 10.2. The van der Waals surface area contributed by atoms with Crippen molar-refractivity contribution >= 4 is 0 Å². The van der Waals surface area contributed by atoms with Gasteiger partial charge in [-0.25, -0.2) is 0 Å². The molecule has 0 fully saturated rings. The van der Waals surface area contributed by atoms with Crippen LogP contribution in [0.15, 0.2) is 12.7 Å². The van der Waals surface area contributed by atoms with Gasteiger partial charge >= 0.3 is 0 Å². The van der Waals surface area contributed by atoms with E-state index in [4.69, 9.17) is 5.26 Å². The van der Waals surface area contributed by atoms with E-state index >= 15 is 0 Å². The predicted octanol–water partition coefficient (Wildman–Crippen LogP) is 2.58. The van der Waals surface area contributed by atoms with Crippen LogP contribution in [0.3, 0.4) is 0 Å². The Morgan fingerprint density at radius 1 is 1.38 bits per heavy atom. The van der Waals surface area contributed by atoms with E-state index in [2.05, 4.69) is 31.4 Å². The fraction of sp³-hybridized carbons (Fsp3) is 0.727. The van der Waals surface area contributed by atoms with Gasteiger partial charge in [-0.15, -0.1) is 6.58 Å². The minimum absolute atomic E-state index is 0.241. The van der Waals surface area contributed by atoms with E-state index in [9.17, 15) is 0 Å². The van der Waals surface area contributed by atoms with Crippen LogP contribution in [0.5, 0.6) is 0 Å². The summed E-state index contributed by atoms with van der Waals surface area (Å²) in [7, 11) is 0. The summed E-state index contributed by atoms with van der Waals surface area (Å²) in [5, 5.41) is 8.63. The lowest BCUT2D eigenvalue weighted by molar-refractivity contribution is 0.232. The summed E-state index contributed by atoms with van der Waals surface area (Å²) in [6, 6.07) is 2.44. The molecule has 0 heterocycles. The van der Waals surface area contributed by atoms with Gasteiger partial charge in [0, 0.05) is 6.04 Å². The number of hydrogen-bond acceptors (Lipinski definition) is 2. The van der Waals surface area contributed by atoms with Crippen molar-refractivity contribution in [3.63, 3.8) is 0 Å². The van der Waals surface area contributed by atoms with E-state index in [-0.39, 0.29) is 6.04 Å². The zero-order valence-electron chi connectivity index (χ0n) is 8.79. The number of nitriles is 1. The SMILES string of the molecule is C=CC(CC#N)N(CCC)CCC. The number of rotatable bonds is 7. The molecule has 0 aliphatic heterocycles. The second-order valence-electron chi connectivity index (χ2n) is 3.20. The summed E-state index contributed by atoms with van der Waals surface area (Å²) in [5.74, 6) is 0. The van der Waals surface area contributed by atoms with Crippen LogP contribution in [0.2, 0.25) is 0 Å². The van der Waals surface area contributed by atoms with Crippen molar-refractivity contribution in [3.8, 4) is 6.07 Å². The third kappa shape index (κ3) is 4.69. The number of nitrogens with zero attached hydrogens (tertiary/aromatic N) is 2. The zero-order valence-corrected chi connectivity index (χ0v) is 8.79. The standard InChI is InChI=1S/C11H20N2/c1-4-9-13(10-5-2)11(6-3)7-8-12/h6,11H,3-5,7,9-10H2,1-2H3. The molecule has 0 amide bonds. The van der Waals surface area contributed by atoms with Gasteiger partial charge in [-0.05, 0) is 25.9 Å². The van der Waals surface area contributed by atoms with Crippen LogP contribution >= 0.6 is 0 Å². The topological polar surface area (TPSA) is 27.0 Å². The minimum Gasteiger partial charge on any atom is -0.296 e. The van der Waals surface area contributed by atoms with Gasteiger partial charge in [0.2, 0.25) is 0 Å². The maximum Gasteiger partial charge on any atom is 0.0641 e. The van der Waals surface area contributed by atoms with E-state index in [1.54, 1.807) is 0 Å². The lowest BCUT2D eigenvalue weighted by Crippen LogP contribution is -2.34. The van der Waals surface area contributed by atoms with E-state index < -0.39 is 0 Å². The summed E-state index contributed by atoms with van der Waals surface area (Å²) >= 11 is 0. The Labute approximate surface area is 81.9 Å². The first kappa shape index (κ1) is 12.2. The van der Waals surface area contributed by atoms with Gasteiger partial charge in [0.05, 0.1) is 12.5 Å². The molecule has 2 nitrogen and oxygen atoms in total. The van der Waals surface area contributed by atoms with E-state index in [1.807, 2.05) is 6.08 Å². The minimum atomic E-state index is 0.241. The van der Waals surface area contributed by atoms with Crippen LogP contribution in [0.25, 0.3) is 0 Å². The molecule has 0 aromatic rings. The number of hydrogen-bond donors (Lipinski definition) is 0. The lowest BCUT2D eigenvalue weighted by atomic mass is 10.1. The van der Waals surface area contributed by atoms with Crippen LogP contribution in [0.1, 0.15) is 33.1 Å². The molecule has 0 rings (SSSR count). The molecule has 0 N–H and O–H groups in total. The van der Waals surface area contributed by atoms with Gasteiger partial charge in [0.1, 0.15) is 0 Å². The molecule has 13 heavy (non-hydrogen) atoms. The molecular weight excluding hydrogens is 160 g/mol. The third-order valence-electron chi connectivity index (χ3n) is 2.06. The fourth-order valence-electron chi connectivity index (χ4n) is 1.47. The average Bonchev–Trinajstić information content (AvgIpc) is 2.14. The molecular formula is C11H20N2. The first-order chi connectivity index (χ1) is 6.29. The Hall–Kier alpha value is -0.810. The molecule has 1 unspecified atom stereocenters. The normalized spacial score (nSPS) is 12.5. The first-order valence-electron chi connectivity index (χ1n) is 5.03. The van der Waals surface area contributed by atoms with Crippen molar-refractivity contribution in [1.29, 1.82) is 5.26 Å². The lowest BCUT2D eigenvalue weighted by Gasteiger charge is -2.27. The molecule has 1 atom stereocenters. The molecule has 2 heteroatoms. The highest BCUT2D eigenvalue weighted by Gasteiger charge is 2.12. The van der Waals surface area contributed by atoms with E-state index in [0.29, 0.717) is 6.42 Å². The summed E-state index contributed by atoms with van der Waals surface area (Å²) in [5.41, 5.74) is 0. The third-order valence-corrected chi connectivity index (χ3v) is 2.06. The molecule has 0 aromatic heterocycles. The van der Waals surface area contributed by atoms with Crippen molar-refractivity contribution in [1.82, 2.24) is 4.90 Å². The monoisotopic (exact) mass is 180 g/mol. The van der Waals surface area contributed by atoms with Gasteiger partial charge in [-0.1, -0.05) is 19.9 Å². The molecule has 0 bridgehead atoms. The summed E-state index contributed by atoms with van der Waals surface area (Å²) in [6.07, 6.45) is 4.71. The average molecular weight is 180 g/mol. The zero-order chi connectivity index (χ0) is 10.1. The predicted molar refractivity (Wildman–Crippen MR) is 56.4 cm³/mol. The molecule has 0 radical (unpaired) electrons. The van der Waals surface area contributed by atoms with Crippen LogP contribution in [-0.4, -0.2) is 24.0 Å². The fourth-order valence-corrected chi connectivity index (χ4v) is 1.47. The van der Waals surface area contributed by atoms with Crippen LogP contribution in [0.4, 0.5) is 0 Å². The van der Waals surface area contributed by atoms with Crippen molar-refractivity contribution in [2.24, 2.45) is 0 Å². The van der Waals surface area contributed by atoms with Gasteiger partial charge in [0.25, 0.3) is 0 Å².